The van der Waals surface area contributed by atoms with Gasteiger partial charge in [0.15, 0.2) is 0 Å². The molecule has 1 aromatic carbocycles. The first-order valence-electron chi connectivity index (χ1n) is 6.58. The molecule has 0 saturated heterocycles. The summed E-state index contributed by atoms with van der Waals surface area (Å²) in [6.07, 6.45) is 5.70. The van der Waals surface area contributed by atoms with Crippen molar-refractivity contribution in [1.29, 1.82) is 0 Å². The van der Waals surface area contributed by atoms with Gasteiger partial charge in [0, 0.05) is 16.8 Å². The van der Waals surface area contributed by atoms with E-state index in [4.69, 9.17) is 0 Å². The van der Waals surface area contributed by atoms with Crippen LogP contribution < -0.4 is 5.32 Å². The predicted molar refractivity (Wildman–Crippen MR) is 77.0 cm³/mol. The van der Waals surface area contributed by atoms with Crippen LogP contribution in [0.4, 0.5) is 5.69 Å². The van der Waals surface area contributed by atoms with Crippen LogP contribution in [0.3, 0.4) is 0 Å². The molecule has 1 aliphatic carbocycles. The first kappa shape index (κ1) is 11.7. The number of carbonyl (C=O) groups excluding carboxylic acids is 1. The molecule has 1 aromatic heterocycles. The second-order valence-electron chi connectivity index (χ2n) is 5.08. The Labute approximate surface area is 111 Å². The van der Waals surface area contributed by atoms with Crippen LogP contribution in [0.5, 0.6) is 0 Å². The zero-order valence-corrected chi connectivity index (χ0v) is 11.1. The maximum absolute atomic E-state index is 11.9. The van der Waals surface area contributed by atoms with Crippen LogP contribution in [-0.2, 0) is 4.79 Å². The zero-order chi connectivity index (χ0) is 12.4. The van der Waals surface area contributed by atoms with Crippen molar-refractivity contribution in [3.63, 3.8) is 0 Å². The van der Waals surface area contributed by atoms with E-state index in [1.165, 1.54) is 35.8 Å². The van der Waals surface area contributed by atoms with Crippen molar-refractivity contribution in [2.24, 2.45) is 5.92 Å². The van der Waals surface area contributed by atoms with E-state index < -0.39 is 0 Å². The number of fused-ring (bicyclic) bond motifs is 1. The summed E-state index contributed by atoms with van der Waals surface area (Å²) in [6.45, 7) is 0. The van der Waals surface area contributed by atoms with Crippen molar-refractivity contribution in [2.45, 2.75) is 32.1 Å². The quantitative estimate of drug-likeness (QED) is 0.868. The summed E-state index contributed by atoms with van der Waals surface area (Å²) in [4.78, 5) is 11.9. The van der Waals surface area contributed by atoms with Gasteiger partial charge < -0.3 is 5.32 Å². The van der Waals surface area contributed by atoms with Gasteiger partial charge in [0.2, 0.25) is 5.91 Å². The molecule has 3 rings (SSSR count). The molecule has 18 heavy (non-hydrogen) atoms. The molecule has 0 atom stereocenters. The molecule has 3 heteroatoms. The third-order valence-electron chi connectivity index (χ3n) is 3.68. The Morgan fingerprint density at radius 1 is 1.28 bits per heavy atom. The third kappa shape index (κ3) is 2.56. The first-order chi connectivity index (χ1) is 8.81. The fourth-order valence-electron chi connectivity index (χ4n) is 2.73. The Kier molecular flexibility index (Phi) is 3.33. The molecular formula is C15H17NOS. The fraction of sp³-hybridized carbons (Fsp3) is 0.400. The summed E-state index contributed by atoms with van der Waals surface area (Å²) in [7, 11) is 0. The molecule has 1 fully saturated rings. The molecule has 2 nitrogen and oxygen atoms in total. The molecule has 0 bridgehead atoms. The largest absolute Gasteiger partial charge is 0.326 e. The molecule has 2 aromatic rings. The van der Waals surface area contributed by atoms with Crippen molar-refractivity contribution in [1.82, 2.24) is 0 Å². The van der Waals surface area contributed by atoms with Gasteiger partial charge in [-0.1, -0.05) is 12.8 Å². The Balaban J connectivity index is 1.65. The van der Waals surface area contributed by atoms with Crippen LogP contribution in [-0.4, -0.2) is 5.91 Å². The lowest BCUT2D eigenvalue weighted by Gasteiger charge is -2.09. The van der Waals surface area contributed by atoms with E-state index in [-0.39, 0.29) is 5.91 Å². The average Bonchev–Trinajstić information content (AvgIpc) is 2.98. The van der Waals surface area contributed by atoms with E-state index in [9.17, 15) is 4.79 Å². The normalized spacial score (nSPS) is 16.2. The van der Waals surface area contributed by atoms with E-state index in [0.717, 1.165) is 5.69 Å². The maximum Gasteiger partial charge on any atom is 0.224 e. The second-order valence-corrected chi connectivity index (χ2v) is 6.02. The fourth-order valence-corrected chi connectivity index (χ4v) is 3.50. The molecular weight excluding hydrogens is 242 g/mol. The van der Waals surface area contributed by atoms with Gasteiger partial charge in [-0.05, 0) is 53.8 Å². The second kappa shape index (κ2) is 5.11. The number of carbonyl (C=O) groups is 1. The van der Waals surface area contributed by atoms with Gasteiger partial charge in [-0.15, -0.1) is 11.3 Å². The number of hydrogen-bond acceptors (Lipinski definition) is 2. The summed E-state index contributed by atoms with van der Waals surface area (Å²) in [5.74, 6) is 0.770. The molecule has 1 saturated carbocycles. The van der Waals surface area contributed by atoms with E-state index in [1.54, 1.807) is 11.3 Å². The maximum atomic E-state index is 11.9. The van der Waals surface area contributed by atoms with E-state index in [1.807, 2.05) is 6.07 Å². The highest BCUT2D eigenvalue weighted by Crippen LogP contribution is 2.28. The average molecular weight is 259 g/mol. The monoisotopic (exact) mass is 259 g/mol. The minimum Gasteiger partial charge on any atom is -0.326 e. The van der Waals surface area contributed by atoms with E-state index in [0.29, 0.717) is 12.3 Å². The molecule has 94 valence electrons. The standard InChI is InChI=1S/C15H17NOS/c17-15(9-11-3-1-2-4-11)16-13-5-6-14-12(10-13)7-8-18-14/h5-8,10-11H,1-4,9H2,(H,16,17). The summed E-state index contributed by atoms with van der Waals surface area (Å²) < 4.78 is 1.27. The molecule has 0 spiro atoms. The van der Waals surface area contributed by atoms with Gasteiger partial charge in [-0.2, -0.15) is 0 Å². The molecule has 1 N–H and O–H groups in total. The lowest BCUT2D eigenvalue weighted by molar-refractivity contribution is -0.117. The molecule has 0 unspecified atom stereocenters. The number of anilines is 1. The number of thiophene rings is 1. The highest BCUT2D eigenvalue weighted by atomic mass is 32.1. The molecule has 0 aliphatic heterocycles. The van der Waals surface area contributed by atoms with Crippen LogP contribution in [0, 0.1) is 5.92 Å². The number of benzene rings is 1. The van der Waals surface area contributed by atoms with Crippen molar-refractivity contribution in [3.8, 4) is 0 Å². The van der Waals surface area contributed by atoms with E-state index >= 15 is 0 Å². The lowest BCUT2D eigenvalue weighted by Crippen LogP contribution is -2.14. The number of nitrogens with one attached hydrogen (secondary N) is 1. The van der Waals surface area contributed by atoms with Crippen LogP contribution >= 0.6 is 11.3 Å². The summed E-state index contributed by atoms with van der Waals surface area (Å²) in [6, 6.07) is 8.21. The van der Waals surface area contributed by atoms with Crippen molar-refractivity contribution in [2.75, 3.05) is 5.32 Å². The van der Waals surface area contributed by atoms with E-state index in [2.05, 4.69) is 28.9 Å². The van der Waals surface area contributed by atoms with Crippen LogP contribution in [0.2, 0.25) is 0 Å². The summed E-state index contributed by atoms with van der Waals surface area (Å²) >= 11 is 1.73. The third-order valence-corrected chi connectivity index (χ3v) is 4.58. The predicted octanol–water partition coefficient (Wildman–Crippen LogP) is 4.42. The minimum absolute atomic E-state index is 0.163. The van der Waals surface area contributed by atoms with Gasteiger partial charge in [0.25, 0.3) is 0 Å². The van der Waals surface area contributed by atoms with Gasteiger partial charge in [0.1, 0.15) is 0 Å². The van der Waals surface area contributed by atoms with Gasteiger partial charge in [-0.3, -0.25) is 4.79 Å². The Morgan fingerprint density at radius 2 is 2.11 bits per heavy atom. The van der Waals surface area contributed by atoms with Crippen molar-refractivity contribution < 1.29 is 4.79 Å². The minimum atomic E-state index is 0.163. The Morgan fingerprint density at radius 3 is 2.94 bits per heavy atom. The highest BCUT2D eigenvalue weighted by molar-refractivity contribution is 7.17. The Bertz CT molecular complexity index is 554. The van der Waals surface area contributed by atoms with Crippen molar-refractivity contribution >= 4 is 33.0 Å². The summed E-state index contributed by atoms with van der Waals surface area (Å²) in [5.41, 5.74) is 0.920. The smallest absolute Gasteiger partial charge is 0.224 e. The van der Waals surface area contributed by atoms with Crippen LogP contribution in [0.1, 0.15) is 32.1 Å². The molecule has 1 aliphatic rings. The van der Waals surface area contributed by atoms with Gasteiger partial charge in [0.05, 0.1) is 0 Å². The Hall–Kier alpha value is -1.35. The SMILES string of the molecule is O=C(CC1CCCC1)Nc1ccc2sccc2c1. The molecule has 1 heterocycles. The van der Waals surface area contributed by atoms with Crippen LogP contribution in [0.25, 0.3) is 10.1 Å². The first-order valence-corrected chi connectivity index (χ1v) is 7.46. The lowest BCUT2D eigenvalue weighted by atomic mass is 10.0. The number of amides is 1. The molecule has 1 amide bonds. The molecule has 0 radical (unpaired) electrons. The topological polar surface area (TPSA) is 29.1 Å². The highest BCUT2D eigenvalue weighted by Gasteiger charge is 2.18. The summed E-state index contributed by atoms with van der Waals surface area (Å²) in [5, 5.41) is 6.30. The zero-order valence-electron chi connectivity index (χ0n) is 10.3. The van der Waals surface area contributed by atoms with Gasteiger partial charge in [-0.25, -0.2) is 0 Å². The van der Waals surface area contributed by atoms with Crippen molar-refractivity contribution in [3.05, 3.63) is 29.6 Å². The number of rotatable bonds is 3. The number of hydrogen-bond donors (Lipinski definition) is 1. The van der Waals surface area contributed by atoms with Gasteiger partial charge >= 0.3 is 0 Å². The van der Waals surface area contributed by atoms with Crippen LogP contribution in [0.15, 0.2) is 29.6 Å².